The van der Waals surface area contributed by atoms with E-state index < -0.39 is 5.97 Å². The van der Waals surface area contributed by atoms with Gasteiger partial charge in [0.2, 0.25) is 0 Å². The van der Waals surface area contributed by atoms with E-state index in [-0.39, 0.29) is 6.61 Å². The molecule has 5 nitrogen and oxygen atoms in total. The quantitative estimate of drug-likeness (QED) is 0.524. The number of ether oxygens (including phenoxy) is 3. The number of rotatable bonds is 11. The number of carbonyl (C=O) groups is 1. The van der Waals surface area contributed by atoms with E-state index in [0.29, 0.717) is 26.4 Å². The third-order valence-electron chi connectivity index (χ3n) is 1.61. The maximum atomic E-state index is 10.0. The van der Waals surface area contributed by atoms with Crippen LogP contribution >= 0.6 is 0 Å². The zero-order chi connectivity index (χ0) is 11.4. The molecule has 0 aliphatic heterocycles. The average molecular weight is 220 g/mol. The zero-order valence-corrected chi connectivity index (χ0v) is 9.24. The van der Waals surface area contributed by atoms with Crippen LogP contribution in [-0.4, -0.2) is 50.7 Å². The topological polar surface area (TPSA) is 65.0 Å². The van der Waals surface area contributed by atoms with Crippen LogP contribution in [0.3, 0.4) is 0 Å². The van der Waals surface area contributed by atoms with Gasteiger partial charge in [-0.1, -0.05) is 13.3 Å². The summed E-state index contributed by atoms with van der Waals surface area (Å²) in [4.78, 5) is 10.0. The van der Waals surface area contributed by atoms with Gasteiger partial charge in [-0.2, -0.15) is 0 Å². The summed E-state index contributed by atoms with van der Waals surface area (Å²) in [5.41, 5.74) is 0. The van der Waals surface area contributed by atoms with Crippen LogP contribution in [0.25, 0.3) is 0 Å². The van der Waals surface area contributed by atoms with Crippen molar-refractivity contribution in [2.75, 3.05) is 39.6 Å². The van der Waals surface area contributed by atoms with E-state index in [2.05, 4.69) is 6.92 Å². The predicted molar refractivity (Wildman–Crippen MR) is 55.0 cm³/mol. The third kappa shape index (κ3) is 13.3. The fraction of sp³-hybridized carbons (Fsp3) is 0.900. The number of hydrogen-bond acceptors (Lipinski definition) is 4. The first-order valence-electron chi connectivity index (χ1n) is 5.22. The van der Waals surface area contributed by atoms with E-state index in [1.165, 1.54) is 0 Å². The van der Waals surface area contributed by atoms with Crippen LogP contribution in [0.1, 0.15) is 19.8 Å². The molecular weight excluding hydrogens is 200 g/mol. The fourth-order valence-corrected chi connectivity index (χ4v) is 0.846. The second-order valence-corrected chi connectivity index (χ2v) is 3.02. The number of hydrogen-bond donors (Lipinski definition) is 1. The number of unbranched alkanes of at least 4 members (excludes halogenated alkanes) is 1. The molecule has 0 heterocycles. The van der Waals surface area contributed by atoms with Gasteiger partial charge in [0.05, 0.1) is 26.4 Å². The molecule has 0 aliphatic carbocycles. The van der Waals surface area contributed by atoms with Crippen LogP contribution < -0.4 is 0 Å². The summed E-state index contributed by atoms with van der Waals surface area (Å²) < 4.78 is 15.2. The van der Waals surface area contributed by atoms with E-state index >= 15 is 0 Å². The molecule has 0 saturated carbocycles. The smallest absolute Gasteiger partial charge is 0.329 e. The Morgan fingerprint density at radius 3 is 2.07 bits per heavy atom. The molecule has 0 aromatic carbocycles. The van der Waals surface area contributed by atoms with Gasteiger partial charge in [0.15, 0.2) is 0 Å². The standard InChI is InChI=1S/C10H20O5/c1-2-3-4-13-5-6-14-7-8-15-9-10(11)12/h2-9H2,1H3,(H,11,12). The first-order chi connectivity index (χ1) is 7.27. The first kappa shape index (κ1) is 14.3. The molecule has 0 atom stereocenters. The molecule has 0 fully saturated rings. The van der Waals surface area contributed by atoms with Crippen molar-refractivity contribution in [2.24, 2.45) is 0 Å². The van der Waals surface area contributed by atoms with Crippen molar-refractivity contribution in [3.63, 3.8) is 0 Å². The minimum absolute atomic E-state index is 0.268. The van der Waals surface area contributed by atoms with Gasteiger partial charge in [0, 0.05) is 6.61 Å². The Bertz CT molecular complexity index is 149. The van der Waals surface area contributed by atoms with Crippen molar-refractivity contribution in [2.45, 2.75) is 19.8 Å². The summed E-state index contributed by atoms with van der Waals surface area (Å²) in [5.74, 6) is -0.960. The van der Waals surface area contributed by atoms with Crippen molar-refractivity contribution >= 4 is 5.97 Å². The lowest BCUT2D eigenvalue weighted by atomic mass is 10.4. The molecule has 0 radical (unpaired) electrons. The van der Waals surface area contributed by atoms with E-state index in [1.807, 2.05) is 0 Å². The normalized spacial score (nSPS) is 10.5. The summed E-state index contributed by atoms with van der Waals surface area (Å²) in [6, 6.07) is 0. The lowest BCUT2D eigenvalue weighted by molar-refractivity contribution is -0.142. The number of aliphatic carboxylic acids is 1. The highest BCUT2D eigenvalue weighted by Gasteiger charge is 1.95. The molecule has 5 heteroatoms. The van der Waals surface area contributed by atoms with Gasteiger partial charge < -0.3 is 19.3 Å². The van der Waals surface area contributed by atoms with Crippen molar-refractivity contribution < 1.29 is 24.1 Å². The Kier molecular flexibility index (Phi) is 10.9. The maximum Gasteiger partial charge on any atom is 0.329 e. The zero-order valence-electron chi connectivity index (χ0n) is 9.24. The molecule has 0 rings (SSSR count). The summed E-state index contributed by atoms with van der Waals surface area (Å²) in [7, 11) is 0. The van der Waals surface area contributed by atoms with Gasteiger partial charge in [0.25, 0.3) is 0 Å². The van der Waals surface area contributed by atoms with Crippen molar-refractivity contribution in [1.82, 2.24) is 0 Å². The van der Waals surface area contributed by atoms with Crippen LogP contribution in [0, 0.1) is 0 Å². The molecule has 0 unspecified atom stereocenters. The molecule has 0 amide bonds. The highest BCUT2D eigenvalue weighted by Crippen LogP contribution is 1.87. The molecule has 0 aromatic heterocycles. The van der Waals surface area contributed by atoms with Gasteiger partial charge in [-0.05, 0) is 6.42 Å². The summed E-state index contributed by atoms with van der Waals surface area (Å²) in [5, 5.41) is 8.25. The van der Waals surface area contributed by atoms with Gasteiger partial charge in [-0.15, -0.1) is 0 Å². The maximum absolute atomic E-state index is 10.0. The van der Waals surface area contributed by atoms with Gasteiger partial charge >= 0.3 is 5.97 Å². The molecular formula is C10H20O5. The van der Waals surface area contributed by atoms with Crippen molar-refractivity contribution in [1.29, 1.82) is 0 Å². The summed E-state index contributed by atoms with van der Waals surface area (Å²) in [6.45, 7) is 4.44. The minimum atomic E-state index is -0.960. The monoisotopic (exact) mass is 220 g/mol. The number of carboxylic acids is 1. The highest BCUT2D eigenvalue weighted by molar-refractivity contribution is 5.67. The van der Waals surface area contributed by atoms with Crippen LogP contribution in [0.4, 0.5) is 0 Å². The Morgan fingerprint density at radius 2 is 1.53 bits per heavy atom. The largest absolute Gasteiger partial charge is 0.480 e. The van der Waals surface area contributed by atoms with E-state index in [9.17, 15) is 4.79 Å². The Labute approximate surface area is 90.3 Å². The van der Waals surface area contributed by atoms with E-state index in [1.54, 1.807) is 0 Å². The molecule has 0 aromatic rings. The van der Waals surface area contributed by atoms with Gasteiger partial charge in [0.1, 0.15) is 6.61 Å². The second-order valence-electron chi connectivity index (χ2n) is 3.02. The lowest BCUT2D eigenvalue weighted by Gasteiger charge is -2.05. The van der Waals surface area contributed by atoms with Gasteiger partial charge in [-0.25, -0.2) is 4.79 Å². The Morgan fingerprint density at radius 1 is 1.00 bits per heavy atom. The van der Waals surface area contributed by atoms with Crippen LogP contribution in [0.15, 0.2) is 0 Å². The highest BCUT2D eigenvalue weighted by atomic mass is 16.5. The minimum Gasteiger partial charge on any atom is -0.480 e. The van der Waals surface area contributed by atoms with Crippen LogP contribution in [0.5, 0.6) is 0 Å². The van der Waals surface area contributed by atoms with Crippen molar-refractivity contribution in [3.05, 3.63) is 0 Å². The van der Waals surface area contributed by atoms with Crippen LogP contribution in [0.2, 0.25) is 0 Å². The second kappa shape index (κ2) is 11.4. The van der Waals surface area contributed by atoms with Gasteiger partial charge in [-0.3, -0.25) is 0 Å². The molecule has 0 bridgehead atoms. The Hall–Kier alpha value is -0.650. The third-order valence-corrected chi connectivity index (χ3v) is 1.61. The van der Waals surface area contributed by atoms with E-state index in [0.717, 1.165) is 19.4 Å². The first-order valence-corrected chi connectivity index (χ1v) is 5.22. The molecule has 0 saturated heterocycles. The molecule has 90 valence electrons. The fourth-order valence-electron chi connectivity index (χ4n) is 0.846. The summed E-state index contributed by atoms with van der Waals surface area (Å²) >= 11 is 0. The Balaban J connectivity index is 2.89. The lowest BCUT2D eigenvalue weighted by Crippen LogP contribution is -2.13. The van der Waals surface area contributed by atoms with Crippen LogP contribution in [-0.2, 0) is 19.0 Å². The van der Waals surface area contributed by atoms with E-state index in [4.69, 9.17) is 19.3 Å². The van der Waals surface area contributed by atoms with Crippen molar-refractivity contribution in [3.8, 4) is 0 Å². The molecule has 15 heavy (non-hydrogen) atoms. The SMILES string of the molecule is CCCCOCCOCCOCC(=O)O. The summed E-state index contributed by atoms with van der Waals surface area (Å²) in [6.07, 6.45) is 2.20. The number of carboxylic acid groups (broad SMARTS) is 1. The average Bonchev–Trinajstić information content (AvgIpc) is 2.20. The molecule has 0 spiro atoms. The molecule has 1 N–H and O–H groups in total. The molecule has 0 aliphatic rings. The predicted octanol–water partition coefficient (Wildman–Crippen LogP) is 0.921.